The molecule has 2 N–H and O–H groups in total. The van der Waals surface area contributed by atoms with E-state index in [0.29, 0.717) is 0 Å². The van der Waals surface area contributed by atoms with E-state index in [1.807, 2.05) is 24.3 Å². The van der Waals surface area contributed by atoms with Crippen molar-refractivity contribution in [3.8, 4) is 0 Å². The number of nitrogens with two attached hydrogens (primary N) is 1. The minimum Gasteiger partial charge on any atom is -0.398 e. The molecule has 0 aliphatic heterocycles. The fourth-order valence-electron chi connectivity index (χ4n) is 1.11. The van der Waals surface area contributed by atoms with Crippen LogP contribution in [0.3, 0.4) is 0 Å². The number of nitrogens with zero attached hydrogens (tertiary/aromatic N) is 1. The van der Waals surface area contributed by atoms with E-state index in [-0.39, 0.29) is 0 Å². The van der Waals surface area contributed by atoms with Crippen LogP contribution in [0.5, 0.6) is 0 Å². The largest absolute Gasteiger partial charge is 0.398 e. The second-order valence-electron chi connectivity index (χ2n) is 2.57. The molecule has 0 aliphatic carbocycles. The first kappa shape index (κ1) is 7.55. The van der Waals surface area contributed by atoms with E-state index in [1.165, 1.54) is 0 Å². The SMILES string of the molecule is Nc1cc2ncccc2cc1Br. The van der Waals surface area contributed by atoms with Crippen molar-refractivity contribution in [2.75, 3.05) is 5.73 Å². The monoisotopic (exact) mass is 222 g/mol. The number of halogens is 1. The van der Waals surface area contributed by atoms with Gasteiger partial charge in [0.2, 0.25) is 0 Å². The number of nitrogen functional groups attached to an aromatic ring is 1. The van der Waals surface area contributed by atoms with Crippen LogP contribution >= 0.6 is 15.9 Å². The van der Waals surface area contributed by atoms with Crippen LogP contribution in [0.15, 0.2) is 34.9 Å². The molecular weight excluding hydrogens is 216 g/mol. The molecule has 0 spiro atoms. The summed E-state index contributed by atoms with van der Waals surface area (Å²) in [6.07, 6.45) is 1.76. The van der Waals surface area contributed by atoms with Gasteiger partial charge in [-0.1, -0.05) is 6.07 Å². The van der Waals surface area contributed by atoms with Gasteiger partial charge in [0.25, 0.3) is 0 Å². The third-order valence-corrected chi connectivity index (χ3v) is 2.41. The smallest absolute Gasteiger partial charge is 0.0723 e. The summed E-state index contributed by atoms with van der Waals surface area (Å²) in [7, 11) is 0. The highest BCUT2D eigenvalue weighted by molar-refractivity contribution is 9.10. The quantitative estimate of drug-likeness (QED) is 0.697. The van der Waals surface area contributed by atoms with E-state index in [2.05, 4.69) is 20.9 Å². The molecule has 0 fully saturated rings. The number of rotatable bonds is 0. The number of aromatic nitrogens is 1. The molecule has 0 radical (unpaired) electrons. The molecule has 60 valence electrons. The van der Waals surface area contributed by atoms with E-state index >= 15 is 0 Å². The molecule has 2 aromatic rings. The second kappa shape index (κ2) is 2.75. The summed E-state index contributed by atoms with van der Waals surface area (Å²) < 4.78 is 0.919. The van der Waals surface area contributed by atoms with Crippen molar-refractivity contribution in [2.24, 2.45) is 0 Å². The molecule has 3 heteroatoms. The molecule has 1 heterocycles. The van der Waals surface area contributed by atoms with E-state index in [9.17, 15) is 0 Å². The molecule has 1 aromatic carbocycles. The van der Waals surface area contributed by atoms with E-state index < -0.39 is 0 Å². The number of hydrogen-bond acceptors (Lipinski definition) is 2. The Morgan fingerprint density at radius 1 is 1.33 bits per heavy atom. The highest BCUT2D eigenvalue weighted by atomic mass is 79.9. The Hall–Kier alpha value is -1.09. The van der Waals surface area contributed by atoms with Crippen LogP contribution in [0.25, 0.3) is 10.9 Å². The summed E-state index contributed by atoms with van der Waals surface area (Å²) in [6.45, 7) is 0. The molecule has 0 atom stereocenters. The van der Waals surface area contributed by atoms with E-state index in [1.54, 1.807) is 6.20 Å². The Kier molecular flexibility index (Phi) is 1.73. The van der Waals surface area contributed by atoms with Crippen molar-refractivity contribution in [3.05, 3.63) is 34.9 Å². The summed E-state index contributed by atoms with van der Waals surface area (Å²) >= 11 is 3.36. The van der Waals surface area contributed by atoms with Crippen LogP contribution < -0.4 is 5.73 Å². The summed E-state index contributed by atoms with van der Waals surface area (Å²) in [5, 5.41) is 1.10. The van der Waals surface area contributed by atoms with Gasteiger partial charge in [-0.05, 0) is 34.1 Å². The number of anilines is 1. The van der Waals surface area contributed by atoms with Crippen LogP contribution in [-0.2, 0) is 0 Å². The van der Waals surface area contributed by atoms with Crippen molar-refractivity contribution in [1.82, 2.24) is 4.98 Å². The predicted molar refractivity (Wildman–Crippen MR) is 53.9 cm³/mol. The molecule has 0 saturated heterocycles. The van der Waals surface area contributed by atoms with Crippen molar-refractivity contribution >= 4 is 32.5 Å². The topological polar surface area (TPSA) is 38.9 Å². The van der Waals surface area contributed by atoms with Crippen molar-refractivity contribution in [3.63, 3.8) is 0 Å². The maximum Gasteiger partial charge on any atom is 0.0723 e. The minimum absolute atomic E-state index is 0.723. The van der Waals surface area contributed by atoms with Crippen molar-refractivity contribution < 1.29 is 0 Å². The Morgan fingerprint density at radius 3 is 3.00 bits per heavy atom. The molecule has 0 unspecified atom stereocenters. The highest BCUT2D eigenvalue weighted by Crippen LogP contribution is 2.24. The van der Waals surface area contributed by atoms with Crippen LogP contribution in [-0.4, -0.2) is 4.98 Å². The lowest BCUT2D eigenvalue weighted by Gasteiger charge is -2.00. The summed E-state index contributed by atoms with van der Waals surface area (Å²) in [5.41, 5.74) is 7.35. The molecular formula is C9H7BrN2. The lowest BCUT2D eigenvalue weighted by Crippen LogP contribution is -1.87. The number of pyridine rings is 1. The third kappa shape index (κ3) is 1.16. The van der Waals surface area contributed by atoms with Gasteiger partial charge in [0.05, 0.1) is 5.52 Å². The Labute approximate surface area is 78.5 Å². The van der Waals surface area contributed by atoms with Crippen molar-refractivity contribution in [1.29, 1.82) is 0 Å². The standard InChI is InChI=1S/C9H7BrN2/c10-7-4-6-2-1-3-12-9(6)5-8(7)11/h1-5H,11H2. The Balaban J connectivity index is 2.84. The van der Waals surface area contributed by atoms with Crippen LogP contribution in [0, 0.1) is 0 Å². The number of benzene rings is 1. The molecule has 1 aromatic heterocycles. The summed E-state index contributed by atoms with van der Waals surface area (Å²) in [6, 6.07) is 7.74. The number of fused-ring (bicyclic) bond motifs is 1. The molecule has 0 bridgehead atoms. The summed E-state index contributed by atoms with van der Waals surface area (Å²) in [5.74, 6) is 0. The molecule has 2 nitrogen and oxygen atoms in total. The minimum atomic E-state index is 0.723. The molecule has 2 rings (SSSR count). The second-order valence-corrected chi connectivity index (χ2v) is 3.42. The van der Waals surface area contributed by atoms with E-state index in [4.69, 9.17) is 5.73 Å². The lowest BCUT2D eigenvalue weighted by molar-refractivity contribution is 1.41. The fraction of sp³-hybridized carbons (Fsp3) is 0. The molecule has 0 amide bonds. The van der Waals surface area contributed by atoms with Crippen LogP contribution in [0.4, 0.5) is 5.69 Å². The van der Waals surface area contributed by atoms with Gasteiger partial charge in [-0.2, -0.15) is 0 Å². The van der Waals surface area contributed by atoms with Gasteiger partial charge >= 0.3 is 0 Å². The average Bonchev–Trinajstić information content (AvgIpc) is 2.07. The van der Waals surface area contributed by atoms with E-state index in [0.717, 1.165) is 21.1 Å². The first-order valence-corrected chi connectivity index (χ1v) is 4.36. The summed E-state index contributed by atoms with van der Waals surface area (Å²) in [4.78, 5) is 4.18. The zero-order chi connectivity index (χ0) is 8.55. The first-order chi connectivity index (χ1) is 5.77. The normalized spacial score (nSPS) is 10.4. The van der Waals surface area contributed by atoms with Gasteiger partial charge in [-0.3, -0.25) is 4.98 Å². The van der Waals surface area contributed by atoms with Crippen LogP contribution in [0.2, 0.25) is 0 Å². The third-order valence-electron chi connectivity index (χ3n) is 1.72. The van der Waals surface area contributed by atoms with Gasteiger partial charge < -0.3 is 5.73 Å². The Morgan fingerprint density at radius 2 is 2.17 bits per heavy atom. The van der Waals surface area contributed by atoms with Crippen molar-refractivity contribution in [2.45, 2.75) is 0 Å². The maximum atomic E-state index is 5.70. The van der Waals surface area contributed by atoms with Gasteiger partial charge in [-0.25, -0.2) is 0 Å². The predicted octanol–water partition coefficient (Wildman–Crippen LogP) is 2.58. The zero-order valence-electron chi connectivity index (χ0n) is 6.29. The maximum absolute atomic E-state index is 5.70. The van der Waals surface area contributed by atoms with Gasteiger partial charge in [0.1, 0.15) is 0 Å². The molecule has 12 heavy (non-hydrogen) atoms. The van der Waals surface area contributed by atoms with Gasteiger partial charge in [0.15, 0.2) is 0 Å². The Bertz CT molecular complexity index is 385. The fourth-order valence-corrected chi connectivity index (χ4v) is 1.47. The molecule has 0 aliphatic rings. The lowest BCUT2D eigenvalue weighted by atomic mass is 10.2. The average molecular weight is 223 g/mol. The number of hydrogen-bond donors (Lipinski definition) is 1. The van der Waals surface area contributed by atoms with Gasteiger partial charge in [0, 0.05) is 21.7 Å². The van der Waals surface area contributed by atoms with Gasteiger partial charge in [-0.15, -0.1) is 0 Å². The first-order valence-electron chi connectivity index (χ1n) is 3.57. The van der Waals surface area contributed by atoms with Crippen LogP contribution in [0.1, 0.15) is 0 Å². The zero-order valence-corrected chi connectivity index (χ0v) is 7.88. The highest BCUT2D eigenvalue weighted by Gasteiger charge is 1.98. The molecule has 0 saturated carbocycles.